The number of rotatable bonds is 3. The first-order valence-electron chi connectivity index (χ1n) is 6.21. The van der Waals surface area contributed by atoms with E-state index < -0.39 is 0 Å². The standard InChI is InChI=1S/C15H20O2/c1-5-15(6-2)10-11(3)13-8-7-12(16-4)9-14(13)17-15/h7-10H,5-6H2,1-4H3. The maximum atomic E-state index is 6.17. The van der Waals surface area contributed by atoms with Gasteiger partial charge in [-0.25, -0.2) is 0 Å². The predicted octanol–water partition coefficient (Wildman–Crippen LogP) is 4.05. The second kappa shape index (κ2) is 4.44. The summed E-state index contributed by atoms with van der Waals surface area (Å²) in [6.07, 6.45) is 4.22. The fourth-order valence-corrected chi connectivity index (χ4v) is 2.36. The van der Waals surface area contributed by atoms with E-state index in [0.717, 1.165) is 24.3 Å². The van der Waals surface area contributed by atoms with Gasteiger partial charge in [-0.2, -0.15) is 0 Å². The van der Waals surface area contributed by atoms with E-state index in [9.17, 15) is 0 Å². The summed E-state index contributed by atoms with van der Waals surface area (Å²) in [5, 5.41) is 0. The van der Waals surface area contributed by atoms with Crippen LogP contribution in [-0.4, -0.2) is 12.7 Å². The largest absolute Gasteiger partial charge is 0.497 e. The third kappa shape index (κ3) is 2.04. The Kier molecular flexibility index (Phi) is 3.14. The molecule has 1 aliphatic heterocycles. The van der Waals surface area contributed by atoms with Crippen molar-refractivity contribution in [3.8, 4) is 11.5 Å². The number of benzene rings is 1. The molecule has 1 aromatic rings. The van der Waals surface area contributed by atoms with E-state index in [1.807, 2.05) is 12.1 Å². The maximum Gasteiger partial charge on any atom is 0.131 e. The Morgan fingerprint density at radius 2 is 1.94 bits per heavy atom. The molecule has 0 unspecified atom stereocenters. The zero-order valence-electron chi connectivity index (χ0n) is 11.0. The molecule has 0 saturated heterocycles. The van der Waals surface area contributed by atoms with Crippen LogP contribution >= 0.6 is 0 Å². The summed E-state index contributed by atoms with van der Waals surface area (Å²) in [7, 11) is 1.68. The Morgan fingerprint density at radius 3 is 2.53 bits per heavy atom. The Balaban J connectivity index is 2.47. The number of methoxy groups -OCH3 is 1. The smallest absolute Gasteiger partial charge is 0.131 e. The topological polar surface area (TPSA) is 18.5 Å². The van der Waals surface area contributed by atoms with Crippen molar-refractivity contribution in [3.63, 3.8) is 0 Å². The molecule has 0 aliphatic carbocycles. The molecule has 1 aliphatic rings. The van der Waals surface area contributed by atoms with Crippen molar-refractivity contribution in [2.24, 2.45) is 0 Å². The summed E-state index contributed by atoms with van der Waals surface area (Å²) in [5.74, 6) is 1.78. The molecule has 2 nitrogen and oxygen atoms in total. The lowest BCUT2D eigenvalue weighted by Crippen LogP contribution is -2.34. The number of hydrogen-bond donors (Lipinski definition) is 0. The van der Waals surface area contributed by atoms with Gasteiger partial charge in [0.2, 0.25) is 0 Å². The van der Waals surface area contributed by atoms with E-state index in [1.54, 1.807) is 7.11 Å². The van der Waals surface area contributed by atoms with Gasteiger partial charge in [0.05, 0.1) is 7.11 Å². The van der Waals surface area contributed by atoms with Crippen LogP contribution in [0.1, 0.15) is 39.2 Å². The molecule has 0 aromatic heterocycles. The zero-order valence-corrected chi connectivity index (χ0v) is 11.0. The minimum Gasteiger partial charge on any atom is -0.497 e. The lowest BCUT2D eigenvalue weighted by Gasteiger charge is -2.35. The van der Waals surface area contributed by atoms with Gasteiger partial charge in [0.15, 0.2) is 0 Å². The predicted molar refractivity (Wildman–Crippen MR) is 70.6 cm³/mol. The molecule has 2 rings (SSSR count). The molecular weight excluding hydrogens is 212 g/mol. The number of ether oxygens (including phenoxy) is 2. The Morgan fingerprint density at radius 1 is 1.24 bits per heavy atom. The zero-order chi connectivity index (χ0) is 12.5. The highest BCUT2D eigenvalue weighted by molar-refractivity contribution is 5.72. The summed E-state index contributed by atoms with van der Waals surface area (Å²) in [6.45, 7) is 6.48. The molecular formula is C15H20O2. The molecule has 0 bridgehead atoms. The van der Waals surface area contributed by atoms with E-state index in [-0.39, 0.29) is 5.60 Å². The van der Waals surface area contributed by atoms with Crippen molar-refractivity contribution >= 4 is 5.57 Å². The molecule has 0 radical (unpaired) electrons. The molecule has 0 fully saturated rings. The molecule has 1 aromatic carbocycles. The van der Waals surface area contributed by atoms with Gasteiger partial charge in [-0.15, -0.1) is 0 Å². The molecule has 0 amide bonds. The van der Waals surface area contributed by atoms with Crippen molar-refractivity contribution < 1.29 is 9.47 Å². The van der Waals surface area contributed by atoms with Gasteiger partial charge in [0, 0.05) is 11.6 Å². The summed E-state index contributed by atoms with van der Waals surface area (Å²) >= 11 is 0. The van der Waals surface area contributed by atoms with Crippen molar-refractivity contribution in [2.45, 2.75) is 39.2 Å². The average molecular weight is 232 g/mol. The highest BCUT2D eigenvalue weighted by atomic mass is 16.5. The van der Waals surface area contributed by atoms with Crippen LogP contribution in [0.5, 0.6) is 11.5 Å². The fraction of sp³-hybridized carbons (Fsp3) is 0.467. The van der Waals surface area contributed by atoms with Crippen LogP contribution in [0.4, 0.5) is 0 Å². The first kappa shape index (κ1) is 12.0. The summed E-state index contributed by atoms with van der Waals surface area (Å²) < 4.78 is 11.4. The molecule has 0 saturated carbocycles. The van der Waals surface area contributed by atoms with Crippen molar-refractivity contribution in [1.82, 2.24) is 0 Å². The Hall–Kier alpha value is -1.44. The number of allylic oxidation sites excluding steroid dienone is 1. The van der Waals surface area contributed by atoms with E-state index in [1.165, 1.54) is 11.1 Å². The monoisotopic (exact) mass is 232 g/mol. The van der Waals surface area contributed by atoms with Gasteiger partial charge >= 0.3 is 0 Å². The van der Waals surface area contributed by atoms with E-state index in [4.69, 9.17) is 9.47 Å². The van der Waals surface area contributed by atoms with Crippen LogP contribution in [0, 0.1) is 0 Å². The molecule has 17 heavy (non-hydrogen) atoms. The maximum absolute atomic E-state index is 6.17. The number of hydrogen-bond acceptors (Lipinski definition) is 2. The van der Waals surface area contributed by atoms with Crippen LogP contribution in [0.25, 0.3) is 5.57 Å². The van der Waals surface area contributed by atoms with Gasteiger partial charge in [-0.1, -0.05) is 13.8 Å². The van der Waals surface area contributed by atoms with E-state index in [2.05, 4.69) is 32.9 Å². The van der Waals surface area contributed by atoms with E-state index in [0.29, 0.717) is 0 Å². The lowest BCUT2D eigenvalue weighted by atomic mass is 9.89. The van der Waals surface area contributed by atoms with Crippen LogP contribution < -0.4 is 9.47 Å². The van der Waals surface area contributed by atoms with Crippen molar-refractivity contribution in [2.75, 3.05) is 7.11 Å². The van der Waals surface area contributed by atoms with Crippen LogP contribution in [-0.2, 0) is 0 Å². The van der Waals surface area contributed by atoms with Crippen LogP contribution in [0.15, 0.2) is 24.3 Å². The molecule has 0 N–H and O–H groups in total. The Labute approximate surface area is 103 Å². The van der Waals surface area contributed by atoms with E-state index >= 15 is 0 Å². The van der Waals surface area contributed by atoms with Crippen molar-refractivity contribution in [3.05, 3.63) is 29.8 Å². The SMILES string of the molecule is CCC1(CC)C=C(C)c2ccc(OC)cc2O1. The van der Waals surface area contributed by atoms with Gasteiger partial charge in [0.1, 0.15) is 17.1 Å². The molecule has 0 atom stereocenters. The van der Waals surface area contributed by atoms with Gasteiger partial charge in [0.25, 0.3) is 0 Å². The first-order chi connectivity index (χ1) is 8.14. The van der Waals surface area contributed by atoms with Gasteiger partial charge in [-0.3, -0.25) is 0 Å². The minimum atomic E-state index is -0.149. The van der Waals surface area contributed by atoms with Crippen LogP contribution in [0.3, 0.4) is 0 Å². The second-order valence-corrected chi connectivity index (χ2v) is 4.56. The number of fused-ring (bicyclic) bond motifs is 1. The second-order valence-electron chi connectivity index (χ2n) is 4.56. The highest BCUT2D eigenvalue weighted by Gasteiger charge is 2.31. The van der Waals surface area contributed by atoms with Gasteiger partial charge in [-0.05, 0) is 43.5 Å². The summed E-state index contributed by atoms with van der Waals surface area (Å²) in [6, 6.07) is 6.02. The summed E-state index contributed by atoms with van der Waals surface area (Å²) in [4.78, 5) is 0. The minimum absolute atomic E-state index is 0.149. The third-order valence-corrected chi connectivity index (χ3v) is 3.60. The normalized spacial score (nSPS) is 16.8. The summed E-state index contributed by atoms with van der Waals surface area (Å²) in [5.41, 5.74) is 2.31. The lowest BCUT2D eigenvalue weighted by molar-refractivity contribution is 0.107. The molecule has 0 spiro atoms. The van der Waals surface area contributed by atoms with Crippen molar-refractivity contribution in [1.29, 1.82) is 0 Å². The fourth-order valence-electron chi connectivity index (χ4n) is 2.36. The molecule has 2 heteroatoms. The molecule has 92 valence electrons. The highest BCUT2D eigenvalue weighted by Crippen LogP contribution is 2.40. The average Bonchev–Trinajstić information content (AvgIpc) is 2.37. The molecule has 1 heterocycles. The first-order valence-corrected chi connectivity index (χ1v) is 6.21. The Bertz CT molecular complexity index is 442. The van der Waals surface area contributed by atoms with Gasteiger partial charge < -0.3 is 9.47 Å². The third-order valence-electron chi connectivity index (χ3n) is 3.60. The van der Waals surface area contributed by atoms with Crippen LogP contribution in [0.2, 0.25) is 0 Å². The quantitative estimate of drug-likeness (QED) is 0.782.